The van der Waals surface area contributed by atoms with E-state index in [0.717, 1.165) is 4.90 Å². The van der Waals surface area contributed by atoms with E-state index in [1.54, 1.807) is 12.2 Å². The molecule has 132 valence electrons. The number of hydrogen-bond acceptors (Lipinski definition) is 4. The molecular formula is C19H22N2O4. The molecule has 1 aliphatic carbocycles. The van der Waals surface area contributed by atoms with Crippen molar-refractivity contribution in [2.24, 2.45) is 10.8 Å². The number of nitrogens with one attached hydrogen (secondary N) is 1. The Bertz CT molecular complexity index is 744. The van der Waals surface area contributed by atoms with Crippen LogP contribution < -0.4 is 5.32 Å². The van der Waals surface area contributed by atoms with E-state index in [-0.39, 0.29) is 29.6 Å². The molecule has 0 aromatic heterocycles. The lowest BCUT2D eigenvalue weighted by molar-refractivity contribution is -0.149. The molecular weight excluding hydrogens is 320 g/mol. The Labute approximate surface area is 146 Å². The van der Waals surface area contributed by atoms with Gasteiger partial charge in [0, 0.05) is 11.8 Å². The third-order valence-corrected chi connectivity index (χ3v) is 5.52. The lowest BCUT2D eigenvalue weighted by Crippen LogP contribution is -2.54. The van der Waals surface area contributed by atoms with Crippen molar-refractivity contribution in [2.45, 2.75) is 46.6 Å². The van der Waals surface area contributed by atoms with Gasteiger partial charge in [-0.3, -0.25) is 29.4 Å². The van der Waals surface area contributed by atoms with E-state index >= 15 is 0 Å². The molecule has 0 unspecified atom stereocenters. The van der Waals surface area contributed by atoms with Crippen LogP contribution in [-0.4, -0.2) is 34.6 Å². The molecule has 1 N–H and O–H groups in total. The summed E-state index contributed by atoms with van der Waals surface area (Å²) < 4.78 is 0. The molecule has 0 spiro atoms. The molecule has 2 heterocycles. The summed E-state index contributed by atoms with van der Waals surface area (Å²) in [5.41, 5.74) is 0.213. The number of carbonyl (C=O) groups excluding carboxylic acids is 4. The van der Waals surface area contributed by atoms with Gasteiger partial charge in [-0.2, -0.15) is 0 Å². The van der Waals surface area contributed by atoms with Crippen LogP contribution >= 0.6 is 0 Å². The number of carbonyl (C=O) groups is 4. The van der Waals surface area contributed by atoms with E-state index in [9.17, 15) is 19.2 Å². The predicted molar refractivity (Wildman–Crippen MR) is 90.9 cm³/mol. The third kappa shape index (κ3) is 2.65. The van der Waals surface area contributed by atoms with Crippen molar-refractivity contribution in [1.29, 1.82) is 0 Å². The Balaban J connectivity index is 1.92. The second-order valence-corrected chi connectivity index (χ2v) is 7.97. The van der Waals surface area contributed by atoms with Gasteiger partial charge in [-0.25, -0.2) is 0 Å². The molecule has 6 heteroatoms. The van der Waals surface area contributed by atoms with Gasteiger partial charge in [0.2, 0.25) is 11.8 Å². The minimum absolute atomic E-state index is 0.0881. The second kappa shape index (κ2) is 5.51. The number of imide groups is 2. The van der Waals surface area contributed by atoms with Crippen LogP contribution in [0.4, 0.5) is 0 Å². The molecule has 1 saturated heterocycles. The summed E-state index contributed by atoms with van der Waals surface area (Å²) in [5.74, 6) is -1.93. The number of piperidine rings is 1. The molecule has 25 heavy (non-hydrogen) atoms. The Morgan fingerprint density at radius 2 is 1.56 bits per heavy atom. The highest BCUT2D eigenvalue weighted by molar-refractivity contribution is 6.24. The number of nitrogens with zero attached hydrogens (tertiary/aromatic N) is 1. The first-order valence-corrected chi connectivity index (χ1v) is 8.39. The fourth-order valence-electron chi connectivity index (χ4n) is 3.18. The van der Waals surface area contributed by atoms with E-state index in [2.05, 4.69) is 33.0 Å². The van der Waals surface area contributed by atoms with Crippen molar-refractivity contribution in [2.75, 3.05) is 0 Å². The van der Waals surface area contributed by atoms with Crippen molar-refractivity contribution >= 4 is 23.6 Å². The molecule has 3 rings (SSSR count). The van der Waals surface area contributed by atoms with Crippen molar-refractivity contribution in [3.8, 4) is 0 Å². The molecule has 0 aromatic rings. The number of rotatable bonds is 1. The highest BCUT2D eigenvalue weighted by Crippen LogP contribution is 2.44. The maximum Gasteiger partial charge on any atom is 0.262 e. The van der Waals surface area contributed by atoms with Crippen LogP contribution in [0.25, 0.3) is 0 Å². The smallest absolute Gasteiger partial charge is 0.262 e. The van der Waals surface area contributed by atoms with Crippen LogP contribution in [0.2, 0.25) is 0 Å². The summed E-state index contributed by atoms with van der Waals surface area (Å²) in [6.45, 7) is 8.33. The standard InChI is InChI=1S/C19H22N2O4/c1-18(2,3)19(4)9-7-11-12(8-10-19)17(25)21(16(11)24)13-5-6-14(22)20-15(13)23/h7-10,13H,5-6H2,1-4H3,(H,20,22,23)/t13-/m1/s1. The number of allylic oxidation sites excluding steroid dienone is 2. The summed E-state index contributed by atoms with van der Waals surface area (Å²) >= 11 is 0. The first-order chi connectivity index (χ1) is 11.5. The van der Waals surface area contributed by atoms with Gasteiger partial charge < -0.3 is 0 Å². The van der Waals surface area contributed by atoms with Crippen molar-refractivity contribution in [1.82, 2.24) is 10.2 Å². The SMILES string of the molecule is CC(C)(C)C1(C)C=CC2=C(C=C1)C(=O)N([C@@H]1CCC(=O)NC1=O)C2=O. The van der Waals surface area contributed by atoms with Gasteiger partial charge >= 0.3 is 0 Å². The summed E-state index contributed by atoms with van der Waals surface area (Å²) in [7, 11) is 0. The fourth-order valence-corrected chi connectivity index (χ4v) is 3.18. The Morgan fingerprint density at radius 1 is 1.04 bits per heavy atom. The van der Waals surface area contributed by atoms with Crippen molar-refractivity contribution in [3.05, 3.63) is 35.5 Å². The monoisotopic (exact) mass is 342 g/mol. The number of amides is 4. The van der Waals surface area contributed by atoms with E-state index in [1.807, 2.05) is 12.2 Å². The van der Waals surface area contributed by atoms with Gasteiger partial charge in [-0.1, -0.05) is 52.0 Å². The third-order valence-electron chi connectivity index (χ3n) is 5.52. The normalized spacial score (nSPS) is 26.1. The van der Waals surface area contributed by atoms with Crippen LogP contribution in [0.5, 0.6) is 0 Å². The molecule has 1 atom stereocenters. The molecule has 0 bridgehead atoms. The molecule has 1 fully saturated rings. The zero-order chi connectivity index (χ0) is 18.6. The Morgan fingerprint density at radius 3 is 2.00 bits per heavy atom. The van der Waals surface area contributed by atoms with Crippen molar-refractivity contribution in [3.63, 3.8) is 0 Å². The van der Waals surface area contributed by atoms with Gasteiger partial charge in [0.05, 0.1) is 11.1 Å². The highest BCUT2D eigenvalue weighted by Gasteiger charge is 2.46. The minimum Gasteiger partial charge on any atom is -0.295 e. The second-order valence-electron chi connectivity index (χ2n) is 7.97. The number of hydrogen-bond donors (Lipinski definition) is 1. The highest BCUT2D eigenvalue weighted by atomic mass is 16.2. The summed E-state index contributed by atoms with van der Waals surface area (Å²) in [4.78, 5) is 49.9. The van der Waals surface area contributed by atoms with E-state index in [1.165, 1.54) is 0 Å². The Kier molecular flexibility index (Phi) is 3.82. The van der Waals surface area contributed by atoms with Gasteiger partial charge in [-0.05, 0) is 11.8 Å². The van der Waals surface area contributed by atoms with Gasteiger partial charge in [0.1, 0.15) is 6.04 Å². The van der Waals surface area contributed by atoms with Gasteiger partial charge in [0.25, 0.3) is 11.8 Å². The zero-order valence-electron chi connectivity index (χ0n) is 14.9. The first-order valence-electron chi connectivity index (χ1n) is 8.39. The van der Waals surface area contributed by atoms with Crippen LogP contribution in [0.15, 0.2) is 35.5 Å². The maximum absolute atomic E-state index is 12.8. The molecule has 3 aliphatic rings. The van der Waals surface area contributed by atoms with Crippen LogP contribution in [0.3, 0.4) is 0 Å². The predicted octanol–water partition coefficient (Wildman–Crippen LogP) is 1.64. The van der Waals surface area contributed by atoms with Gasteiger partial charge in [-0.15, -0.1) is 0 Å². The average molecular weight is 342 g/mol. The molecule has 0 saturated carbocycles. The Hall–Kier alpha value is -2.50. The summed E-state index contributed by atoms with van der Waals surface area (Å²) in [5, 5.41) is 2.20. The quantitative estimate of drug-likeness (QED) is 0.734. The van der Waals surface area contributed by atoms with Crippen LogP contribution in [0.1, 0.15) is 40.5 Å². The summed E-state index contributed by atoms with van der Waals surface area (Å²) in [6, 6.07) is -0.930. The molecule has 4 amide bonds. The van der Waals surface area contributed by atoms with Crippen LogP contribution in [-0.2, 0) is 19.2 Å². The molecule has 2 aliphatic heterocycles. The molecule has 6 nitrogen and oxygen atoms in total. The summed E-state index contributed by atoms with van der Waals surface area (Å²) in [6.07, 6.45) is 7.52. The first kappa shape index (κ1) is 17.3. The molecule has 0 aromatic carbocycles. The van der Waals surface area contributed by atoms with E-state index in [4.69, 9.17) is 0 Å². The maximum atomic E-state index is 12.8. The fraction of sp³-hybridized carbons (Fsp3) is 0.474. The van der Waals surface area contributed by atoms with E-state index < -0.39 is 23.8 Å². The zero-order valence-corrected chi connectivity index (χ0v) is 14.9. The lowest BCUT2D eigenvalue weighted by Gasteiger charge is -2.37. The lowest BCUT2D eigenvalue weighted by atomic mass is 9.67. The van der Waals surface area contributed by atoms with E-state index in [0.29, 0.717) is 11.1 Å². The van der Waals surface area contributed by atoms with Crippen molar-refractivity contribution < 1.29 is 19.2 Å². The van der Waals surface area contributed by atoms with Crippen LogP contribution in [0, 0.1) is 10.8 Å². The largest absolute Gasteiger partial charge is 0.295 e. The van der Waals surface area contributed by atoms with Gasteiger partial charge in [0.15, 0.2) is 0 Å². The topological polar surface area (TPSA) is 83.6 Å². The molecule has 0 radical (unpaired) electrons. The minimum atomic E-state index is -0.930. The average Bonchev–Trinajstić information content (AvgIpc) is 2.64.